The lowest BCUT2D eigenvalue weighted by Crippen LogP contribution is -2.29. The molecule has 0 fully saturated rings. The van der Waals surface area contributed by atoms with Crippen LogP contribution in [0, 0.1) is 13.8 Å². The average molecular weight is 318 g/mol. The van der Waals surface area contributed by atoms with Gasteiger partial charge in [0.05, 0.1) is 24.0 Å². The highest BCUT2D eigenvalue weighted by Gasteiger charge is 2.18. The van der Waals surface area contributed by atoms with E-state index in [1.54, 1.807) is 18.5 Å². The van der Waals surface area contributed by atoms with E-state index in [4.69, 9.17) is 0 Å². The van der Waals surface area contributed by atoms with Gasteiger partial charge < -0.3 is 5.32 Å². The maximum absolute atomic E-state index is 12.6. The molecule has 0 aliphatic rings. The number of aryl methyl sites for hydroxylation is 2. The topological polar surface area (TPSA) is 67.8 Å². The fourth-order valence-corrected chi connectivity index (χ4v) is 2.49. The summed E-state index contributed by atoms with van der Waals surface area (Å²) < 4.78 is 0. The number of nitrogens with one attached hydrogen (secondary N) is 1. The number of amides is 1. The van der Waals surface area contributed by atoms with E-state index < -0.39 is 0 Å². The standard InChI is InChI=1S/C19H18N4O/c1-13-5-6-15(10-14(13)2)18(16-4-3-8-20-11-16)23-19(24)17-7-9-21-22-12-17/h3-12,18H,1-2H3,(H,23,24). The molecule has 24 heavy (non-hydrogen) atoms. The first-order valence-corrected chi connectivity index (χ1v) is 7.70. The molecule has 3 rings (SSSR count). The Morgan fingerprint density at radius 3 is 2.50 bits per heavy atom. The average Bonchev–Trinajstić information content (AvgIpc) is 2.63. The second kappa shape index (κ2) is 7.00. The third kappa shape index (κ3) is 3.46. The Hall–Kier alpha value is -3.08. The summed E-state index contributed by atoms with van der Waals surface area (Å²) in [6.45, 7) is 4.13. The van der Waals surface area contributed by atoms with Crippen molar-refractivity contribution < 1.29 is 4.79 Å². The molecule has 0 aliphatic carbocycles. The molecule has 120 valence electrons. The van der Waals surface area contributed by atoms with Crippen molar-refractivity contribution in [1.29, 1.82) is 0 Å². The van der Waals surface area contributed by atoms with Crippen molar-refractivity contribution in [3.63, 3.8) is 0 Å². The molecule has 1 amide bonds. The van der Waals surface area contributed by atoms with Crippen molar-refractivity contribution in [3.8, 4) is 0 Å². The number of carbonyl (C=O) groups is 1. The second-order valence-corrected chi connectivity index (χ2v) is 5.67. The number of aromatic nitrogens is 3. The second-order valence-electron chi connectivity index (χ2n) is 5.67. The monoisotopic (exact) mass is 318 g/mol. The lowest BCUT2D eigenvalue weighted by atomic mass is 9.96. The summed E-state index contributed by atoms with van der Waals surface area (Å²) in [5, 5.41) is 10.5. The van der Waals surface area contributed by atoms with Crippen molar-refractivity contribution in [3.05, 3.63) is 89.0 Å². The Kier molecular flexibility index (Phi) is 4.61. The molecule has 1 atom stereocenters. The molecule has 1 N–H and O–H groups in total. The molecule has 2 aromatic heterocycles. The third-order valence-corrected chi connectivity index (χ3v) is 4.00. The van der Waals surface area contributed by atoms with Crippen LogP contribution in [0.3, 0.4) is 0 Å². The first kappa shape index (κ1) is 15.8. The zero-order valence-electron chi connectivity index (χ0n) is 13.6. The Balaban J connectivity index is 1.96. The van der Waals surface area contributed by atoms with Crippen molar-refractivity contribution in [2.75, 3.05) is 0 Å². The number of hydrogen-bond donors (Lipinski definition) is 1. The van der Waals surface area contributed by atoms with Crippen LogP contribution in [0.1, 0.15) is 38.7 Å². The van der Waals surface area contributed by atoms with E-state index in [9.17, 15) is 4.79 Å². The highest BCUT2D eigenvalue weighted by molar-refractivity contribution is 5.94. The molecule has 0 saturated heterocycles. The van der Waals surface area contributed by atoms with Crippen LogP contribution in [0.4, 0.5) is 0 Å². The molecule has 0 aliphatic heterocycles. The van der Waals surface area contributed by atoms with Gasteiger partial charge in [0.15, 0.2) is 0 Å². The molecule has 1 unspecified atom stereocenters. The summed E-state index contributed by atoms with van der Waals surface area (Å²) in [7, 11) is 0. The Bertz CT molecular complexity index is 835. The minimum Gasteiger partial charge on any atom is -0.341 e. The van der Waals surface area contributed by atoms with Crippen LogP contribution in [-0.4, -0.2) is 21.1 Å². The van der Waals surface area contributed by atoms with Gasteiger partial charge in [0.2, 0.25) is 0 Å². The molecule has 1 aromatic carbocycles. The summed E-state index contributed by atoms with van der Waals surface area (Å²) in [6.07, 6.45) is 6.44. The fourth-order valence-electron chi connectivity index (χ4n) is 2.49. The molecular formula is C19H18N4O. The molecule has 5 nitrogen and oxygen atoms in total. The number of hydrogen-bond acceptors (Lipinski definition) is 4. The number of benzene rings is 1. The van der Waals surface area contributed by atoms with Crippen LogP contribution < -0.4 is 5.32 Å². The van der Waals surface area contributed by atoms with E-state index >= 15 is 0 Å². The van der Waals surface area contributed by atoms with Crippen molar-refractivity contribution >= 4 is 5.91 Å². The SMILES string of the molecule is Cc1ccc(C(NC(=O)c2ccnnc2)c2cccnc2)cc1C. The highest BCUT2D eigenvalue weighted by Crippen LogP contribution is 2.24. The maximum Gasteiger partial charge on any atom is 0.253 e. The van der Waals surface area contributed by atoms with Gasteiger partial charge in [-0.3, -0.25) is 9.78 Å². The van der Waals surface area contributed by atoms with Crippen LogP contribution in [-0.2, 0) is 0 Å². The molecular weight excluding hydrogens is 300 g/mol. The predicted octanol–water partition coefficient (Wildman–Crippen LogP) is 3.01. The fraction of sp³-hybridized carbons (Fsp3) is 0.158. The van der Waals surface area contributed by atoms with Gasteiger partial charge in [0, 0.05) is 12.4 Å². The normalized spacial score (nSPS) is 11.8. The summed E-state index contributed by atoms with van der Waals surface area (Å²) in [5.41, 5.74) is 4.81. The minimum atomic E-state index is -0.279. The van der Waals surface area contributed by atoms with Crippen LogP contribution in [0.15, 0.2) is 61.2 Å². The molecule has 2 heterocycles. The highest BCUT2D eigenvalue weighted by atomic mass is 16.1. The van der Waals surface area contributed by atoms with E-state index in [0.29, 0.717) is 5.56 Å². The number of rotatable bonds is 4. The van der Waals surface area contributed by atoms with E-state index in [-0.39, 0.29) is 11.9 Å². The van der Waals surface area contributed by atoms with E-state index in [0.717, 1.165) is 11.1 Å². The summed E-state index contributed by atoms with van der Waals surface area (Å²) in [4.78, 5) is 16.7. The van der Waals surface area contributed by atoms with Gasteiger partial charge in [-0.05, 0) is 48.2 Å². The Morgan fingerprint density at radius 2 is 1.83 bits per heavy atom. The van der Waals surface area contributed by atoms with Gasteiger partial charge in [0.1, 0.15) is 0 Å². The van der Waals surface area contributed by atoms with E-state index in [1.165, 1.54) is 23.5 Å². The zero-order valence-corrected chi connectivity index (χ0v) is 13.6. The third-order valence-electron chi connectivity index (χ3n) is 4.00. The predicted molar refractivity (Wildman–Crippen MR) is 91.5 cm³/mol. The van der Waals surface area contributed by atoms with Gasteiger partial charge in [0.25, 0.3) is 5.91 Å². The molecule has 5 heteroatoms. The largest absolute Gasteiger partial charge is 0.341 e. The number of nitrogens with zero attached hydrogens (tertiary/aromatic N) is 3. The first-order valence-electron chi connectivity index (χ1n) is 7.70. The van der Waals surface area contributed by atoms with Crippen LogP contribution >= 0.6 is 0 Å². The van der Waals surface area contributed by atoms with E-state index in [2.05, 4.69) is 46.5 Å². The van der Waals surface area contributed by atoms with Gasteiger partial charge in [-0.25, -0.2) is 0 Å². The Morgan fingerprint density at radius 1 is 0.958 bits per heavy atom. The summed E-state index contributed by atoms with van der Waals surface area (Å²) >= 11 is 0. The van der Waals surface area contributed by atoms with Crippen LogP contribution in [0.2, 0.25) is 0 Å². The lowest BCUT2D eigenvalue weighted by Gasteiger charge is -2.20. The van der Waals surface area contributed by atoms with Crippen molar-refractivity contribution in [1.82, 2.24) is 20.5 Å². The summed E-state index contributed by atoms with van der Waals surface area (Å²) in [6, 6.07) is 11.4. The van der Waals surface area contributed by atoms with Crippen LogP contribution in [0.5, 0.6) is 0 Å². The molecule has 0 spiro atoms. The van der Waals surface area contributed by atoms with Gasteiger partial charge in [-0.15, -0.1) is 0 Å². The summed E-state index contributed by atoms with van der Waals surface area (Å²) in [5.74, 6) is -0.197. The smallest absolute Gasteiger partial charge is 0.253 e. The van der Waals surface area contributed by atoms with E-state index in [1.807, 2.05) is 18.2 Å². The van der Waals surface area contributed by atoms with Gasteiger partial charge in [-0.2, -0.15) is 10.2 Å². The van der Waals surface area contributed by atoms with Gasteiger partial charge >= 0.3 is 0 Å². The van der Waals surface area contributed by atoms with Crippen molar-refractivity contribution in [2.24, 2.45) is 0 Å². The number of pyridine rings is 1. The lowest BCUT2D eigenvalue weighted by molar-refractivity contribution is 0.0942. The zero-order chi connectivity index (χ0) is 16.9. The first-order chi connectivity index (χ1) is 11.6. The minimum absolute atomic E-state index is 0.197. The molecule has 0 bridgehead atoms. The maximum atomic E-state index is 12.6. The number of carbonyl (C=O) groups excluding carboxylic acids is 1. The molecule has 3 aromatic rings. The quantitative estimate of drug-likeness (QED) is 0.803. The van der Waals surface area contributed by atoms with Crippen molar-refractivity contribution in [2.45, 2.75) is 19.9 Å². The van der Waals surface area contributed by atoms with Crippen LogP contribution in [0.25, 0.3) is 0 Å². The Labute approximate surface area is 140 Å². The van der Waals surface area contributed by atoms with Gasteiger partial charge in [-0.1, -0.05) is 24.3 Å². The molecule has 0 saturated carbocycles. The molecule has 0 radical (unpaired) electrons.